The van der Waals surface area contributed by atoms with Crippen molar-refractivity contribution in [2.75, 3.05) is 11.4 Å². The Morgan fingerprint density at radius 1 is 0.971 bits per heavy atom. The lowest BCUT2D eigenvalue weighted by atomic mass is 10.1. The number of rotatable bonds is 5. The minimum Gasteiger partial charge on any atom is -0.348 e. The predicted octanol–water partition coefficient (Wildman–Crippen LogP) is 3.91. The molecule has 0 bridgehead atoms. The molecule has 0 spiro atoms. The summed E-state index contributed by atoms with van der Waals surface area (Å²) in [5.41, 5.74) is 2.84. The molecule has 34 heavy (non-hydrogen) atoms. The summed E-state index contributed by atoms with van der Waals surface area (Å²) in [6.45, 7) is 0.983. The van der Waals surface area contributed by atoms with Crippen LogP contribution in [0.2, 0.25) is 0 Å². The van der Waals surface area contributed by atoms with Gasteiger partial charge >= 0.3 is 0 Å². The lowest BCUT2D eigenvalue weighted by Crippen LogP contribution is -2.44. The van der Waals surface area contributed by atoms with E-state index in [4.69, 9.17) is 0 Å². The van der Waals surface area contributed by atoms with Gasteiger partial charge in [0.25, 0.3) is 11.8 Å². The van der Waals surface area contributed by atoms with Gasteiger partial charge in [-0.3, -0.25) is 14.4 Å². The normalized spacial score (nSPS) is 17.3. The molecule has 0 aliphatic carbocycles. The van der Waals surface area contributed by atoms with Gasteiger partial charge in [-0.1, -0.05) is 42.5 Å². The van der Waals surface area contributed by atoms with Gasteiger partial charge in [0, 0.05) is 24.2 Å². The molecule has 7 heteroatoms. The SMILES string of the molecule is O=C(NCc1ccccc1F)c1ccc(CN2C(=O)[C@H]3CCCN3C(=O)c3ccccc32)cc1. The molecular formula is C27H24FN3O3. The van der Waals surface area contributed by atoms with Gasteiger partial charge in [-0.05, 0) is 48.7 Å². The molecule has 1 N–H and O–H groups in total. The van der Waals surface area contributed by atoms with Crippen LogP contribution in [0.5, 0.6) is 0 Å². The van der Waals surface area contributed by atoms with Gasteiger partial charge in [-0.15, -0.1) is 0 Å². The fourth-order valence-corrected chi connectivity index (χ4v) is 4.64. The minimum atomic E-state index is -0.441. The lowest BCUT2D eigenvalue weighted by Gasteiger charge is -2.26. The molecule has 0 saturated carbocycles. The third kappa shape index (κ3) is 4.05. The van der Waals surface area contributed by atoms with Crippen molar-refractivity contribution in [1.29, 1.82) is 0 Å². The zero-order chi connectivity index (χ0) is 23.7. The third-order valence-corrected chi connectivity index (χ3v) is 6.44. The number of nitrogens with one attached hydrogen (secondary N) is 1. The van der Waals surface area contributed by atoms with E-state index in [2.05, 4.69) is 5.32 Å². The van der Waals surface area contributed by atoms with E-state index < -0.39 is 6.04 Å². The molecule has 172 valence electrons. The van der Waals surface area contributed by atoms with Crippen LogP contribution in [0.15, 0.2) is 72.8 Å². The van der Waals surface area contributed by atoms with E-state index in [1.165, 1.54) is 6.07 Å². The highest BCUT2D eigenvalue weighted by molar-refractivity contribution is 6.11. The summed E-state index contributed by atoms with van der Waals surface area (Å²) in [5, 5.41) is 2.73. The van der Waals surface area contributed by atoms with Gasteiger partial charge in [-0.2, -0.15) is 0 Å². The van der Waals surface area contributed by atoms with E-state index in [1.807, 2.05) is 12.1 Å². The first-order valence-corrected chi connectivity index (χ1v) is 11.3. The van der Waals surface area contributed by atoms with Gasteiger partial charge < -0.3 is 15.1 Å². The highest BCUT2D eigenvalue weighted by Crippen LogP contribution is 2.33. The zero-order valence-corrected chi connectivity index (χ0v) is 18.5. The summed E-state index contributed by atoms with van der Waals surface area (Å²) in [4.78, 5) is 42.3. The maximum Gasteiger partial charge on any atom is 0.256 e. The largest absolute Gasteiger partial charge is 0.348 e. The van der Waals surface area contributed by atoms with Crippen molar-refractivity contribution in [2.24, 2.45) is 0 Å². The van der Waals surface area contributed by atoms with E-state index >= 15 is 0 Å². The summed E-state index contributed by atoms with van der Waals surface area (Å²) in [5.74, 6) is -0.851. The number of carbonyl (C=O) groups excluding carboxylic acids is 3. The van der Waals surface area contributed by atoms with E-state index in [9.17, 15) is 18.8 Å². The van der Waals surface area contributed by atoms with Crippen LogP contribution in [0.25, 0.3) is 0 Å². The summed E-state index contributed by atoms with van der Waals surface area (Å²) < 4.78 is 13.8. The summed E-state index contributed by atoms with van der Waals surface area (Å²) in [7, 11) is 0. The fourth-order valence-electron chi connectivity index (χ4n) is 4.64. The number of benzene rings is 3. The Morgan fingerprint density at radius 2 is 1.71 bits per heavy atom. The first kappa shape index (κ1) is 21.8. The number of hydrogen-bond donors (Lipinski definition) is 1. The van der Waals surface area contributed by atoms with E-state index in [0.29, 0.717) is 41.9 Å². The van der Waals surface area contributed by atoms with Gasteiger partial charge in [0.05, 0.1) is 17.8 Å². The van der Waals surface area contributed by atoms with Crippen LogP contribution in [0.4, 0.5) is 10.1 Å². The average molecular weight is 458 g/mol. The molecule has 0 aromatic heterocycles. The molecule has 2 aliphatic heterocycles. The number of carbonyl (C=O) groups is 3. The second kappa shape index (κ2) is 9.09. The Balaban J connectivity index is 1.33. The number of halogens is 1. The van der Waals surface area contributed by atoms with Gasteiger partial charge in [-0.25, -0.2) is 4.39 Å². The second-order valence-electron chi connectivity index (χ2n) is 8.57. The topological polar surface area (TPSA) is 69.7 Å². The van der Waals surface area contributed by atoms with Crippen LogP contribution in [0.3, 0.4) is 0 Å². The fraction of sp³-hybridized carbons (Fsp3) is 0.222. The molecule has 2 aliphatic rings. The van der Waals surface area contributed by atoms with Gasteiger partial charge in [0.1, 0.15) is 11.9 Å². The second-order valence-corrected chi connectivity index (χ2v) is 8.57. The first-order chi connectivity index (χ1) is 16.5. The monoisotopic (exact) mass is 457 g/mol. The Bertz CT molecular complexity index is 1260. The Morgan fingerprint density at radius 3 is 2.50 bits per heavy atom. The van der Waals surface area contributed by atoms with Crippen LogP contribution < -0.4 is 10.2 Å². The van der Waals surface area contributed by atoms with Crippen molar-refractivity contribution in [3.63, 3.8) is 0 Å². The van der Waals surface area contributed by atoms with Crippen molar-refractivity contribution in [1.82, 2.24) is 10.2 Å². The van der Waals surface area contributed by atoms with E-state index in [1.54, 1.807) is 64.4 Å². The summed E-state index contributed by atoms with van der Waals surface area (Å²) in [6, 6.07) is 20.0. The standard InChI is InChI=1S/C27H24FN3O3/c28-22-8-3-1-6-20(22)16-29-25(32)19-13-11-18(12-14-19)17-31-23-9-4-2-7-21(23)26(33)30-15-5-10-24(30)27(31)34/h1-4,6-9,11-14,24H,5,10,15-17H2,(H,29,32)/t24-/m1/s1. The first-order valence-electron chi connectivity index (χ1n) is 11.3. The minimum absolute atomic E-state index is 0.0810. The molecule has 3 amide bonds. The third-order valence-electron chi connectivity index (χ3n) is 6.44. The smallest absolute Gasteiger partial charge is 0.256 e. The molecule has 1 fully saturated rings. The number of nitrogens with zero attached hydrogens (tertiary/aromatic N) is 2. The number of para-hydroxylation sites is 1. The van der Waals surface area contributed by atoms with Crippen molar-refractivity contribution < 1.29 is 18.8 Å². The maximum absolute atomic E-state index is 13.8. The highest BCUT2D eigenvalue weighted by atomic mass is 19.1. The molecule has 6 nitrogen and oxygen atoms in total. The number of fused-ring (bicyclic) bond motifs is 2. The number of amides is 3. The van der Waals surface area contributed by atoms with Crippen molar-refractivity contribution in [3.05, 3.63) is 101 Å². The average Bonchev–Trinajstić information content (AvgIpc) is 3.34. The summed E-state index contributed by atoms with van der Waals surface area (Å²) >= 11 is 0. The molecule has 5 rings (SSSR count). The van der Waals surface area contributed by atoms with Crippen molar-refractivity contribution >= 4 is 23.4 Å². The van der Waals surface area contributed by atoms with E-state index in [-0.39, 0.29) is 30.1 Å². The number of anilines is 1. The maximum atomic E-state index is 13.8. The van der Waals surface area contributed by atoms with Crippen LogP contribution in [-0.2, 0) is 17.9 Å². The molecule has 1 atom stereocenters. The summed E-state index contributed by atoms with van der Waals surface area (Å²) in [6.07, 6.45) is 1.48. The molecule has 2 heterocycles. The Labute approximate surface area is 197 Å². The Hall–Kier alpha value is -4.00. The zero-order valence-electron chi connectivity index (χ0n) is 18.5. The van der Waals surface area contributed by atoms with Crippen LogP contribution in [0, 0.1) is 5.82 Å². The van der Waals surface area contributed by atoms with Crippen molar-refractivity contribution in [3.8, 4) is 0 Å². The molecule has 0 unspecified atom stereocenters. The molecule has 3 aromatic rings. The predicted molar refractivity (Wildman–Crippen MR) is 126 cm³/mol. The lowest BCUT2D eigenvalue weighted by molar-refractivity contribution is -0.122. The molecule has 3 aromatic carbocycles. The van der Waals surface area contributed by atoms with Crippen molar-refractivity contribution in [2.45, 2.75) is 32.0 Å². The quantitative estimate of drug-likeness (QED) is 0.632. The van der Waals surface area contributed by atoms with Crippen LogP contribution in [-0.4, -0.2) is 35.2 Å². The number of hydrogen-bond acceptors (Lipinski definition) is 3. The van der Waals surface area contributed by atoms with Crippen LogP contribution in [0.1, 0.15) is 44.7 Å². The van der Waals surface area contributed by atoms with Gasteiger partial charge in [0.2, 0.25) is 5.91 Å². The van der Waals surface area contributed by atoms with Gasteiger partial charge in [0.15, 0.2) is 0 Å². The highest BCUT2D eigenvalue weighted by Gasteiger charge is 2.41. The Kier molecular flexibility index (Phi) is 5.84. The van der Waals surface area contributed by atoms with Crippen LogP contribution >= 0.6 is 0 Å². The van der Waals surface area contributed by atoms with E-state index in [0.717, 1.165) is 12.0 Å². The molecular weight excluding hydrogens is 433 g/mol. The molecule has 0 radical (unpaired) electrons. The molecule has 1 saturated heterocycles.